The Labute approximate surface area is 139 Å². The molecule has 0 fully saturated rings. The van der Waals surface area contributed by atoms with Crippen molar-refractivity contribution in [3.63, 3.8) is 0 Å². The largest absolute Gasteiger partial charge is 0.326 e. The van der Waals surface area contributed by atoms with Gasteiger partial charge in [0.25, 0.3) is 5.56 Å². The average molecular weight is 329 g/mol. The highest BCUT2D eigenvalue weighted by molar-refractivity contribution is 7.99. The van der Waals surface area contributed by atoms with Crippen LogP contribution in [0.3, 0.4) is 0 Å². The van der Waals surface area contributed by atoms with Gasteiger partial charge in [0.2, 0.25) is 5.91 Å². The number of thioether (sulfide) groups is 1. The molecule has 1 aromatic carbocycles. The summed E-state index contributed by atoms with van der Waals surface area (Å²) in [7, 11) is 0. The van der Waals surface area contributed by atoms with Gasteiger partial charge in [0, 0.05) is 29.6 Å². The van der Waals surface area contributed by atoms with E-state index in [4.69, 9.17) is 0 Å². The number of carbonyl (C=O) groups excluding carboxylic acids is 1. The first-order valence-electron chi connectivity index (χ1n) is 7.54. The Kier molecular flexibility index (Phi) is 4.26. The molecule has 0 saturated carbocycles. The first kappa shape index (κ1) is 15.8. The van der Waals surface area contributed by atoms with Gasteiger partial charge in [-0.1, -0.05) is 30.0 Å². The second kappa shape index (κ2) is 6.20. The number of nitrogens with one attached hydrogen (secondary N) is 1. The van der Waals surface area contributed by atoms with Gasteiger partial charge in [-0.25, -0.2) is 4.98 Å². The molecule has 3 rings (SSSR count). The number of rotatable bonds is 3. The van der Waals surface area contributed by atoms with Crippen LogP contribution in [0.25, 0.3) is 0 Å². The maximum atomic E-state index is 12.4. The van der Waals surface area contributed by atoms with Gasteiger partial charge in [0.1, 0.15) is 0 Å². The minimum atomic E-state index is -0.140. The lowest BCUT2D eigenvalue weighted by Gasteiger charge is -2.15. The number of aryl methyl sites for hydroxylation is 3. The van der Waals surface area contributed by atoms with Gasteiger partial charge >= 0.3 is 0 Å². The van der Waals surface area contributed by atoms with E-state index in [2.05, 4.69) is 10.3 Å². The normalized spacial score (nSPS) is 16.2. The zero-order valence-electron chi connectivity index (χ0n) is 13.4. The zero-order valence-corrected chi connectivity index (χ0v) is 14.2. The van der Waals surface area contributed by atoms with E-state index in [1.165, 1.54) is 11.8 Å². The van der Waals surface area contributed by atoms with E-state index in [1.54, 1.807) is 17.7 Å². The first-order valence-corrected chi connectivity index (χ1v) is 8.53. The Balaban J connectivity index is 1.79. The molecular formula is C17H19N3O2S. The van der Waals surface area contributed by atoms with E-state index in [0.717, 1.165) is 16.8 Å². The Morgan fingerprint density at radius 1 is 1.30 bits per heavy atom. The standard InChI is InChI=1S/C17H19N3O2S/c1-10-5-4-6-11(2)15(10)19-14(21)7-13-9-23-17-18-8-12(3)16(22)20(13)17/h4-6,8,13H,7,9H2,1-3H3,(H,19,21)/t13-/m1/s1. The number of fused-ring (bicyclic) bond motifs is 1. The predicted molar refractivity (Wildman–Crippen MR) is 92.2 cm³/mol. The molecule has 0 radical (unpaired) electrons. The molecule has 2 aromatic rings. The van der Waals surface area contributed by atoms with Crippen LogP contribution in [-0.4, -0.2) is 21.2 Å². The first-order chi connectivity index (χ1) is 11.0. The van der Waals surface area contributed by atoms with E-state index >= 15 is 0 Å². The molecule has 1 atom stereocenters. The van der Waals surface area contributed by atoms with Crippen molar-refractivity contribution in [2.75, 3.05) is 11.1 Å². The molecule has 2 heterocycles. The lowest BCUT2D eigenvalue weighted by atomic mass is 10.1. The van der Waals surface area contributed by atoms with E-state index in [9.17, 15) is 9.59 Å². The summed E-state index contributed by atoms with van der Waals surface area (Å²) in [5.41, 5.74) is 3.49. The topological polar surface area (TPSA) is 64.0 Å². The second-order valence-electron chi connectivity index (χ2n) is 5.88. The maximum absolute atomic E-state index is 12.4. The highest BCUT2D eigenvalue weighted by atomic mass is 32.2. The lowest BCUT2D eigenvalue weighted by molar-refractivity contribution is -0.116. The Morgan fingerprint density at radius 3 is 2.70 bits per heavy atom. The molecule has 1 N–H and O–H groups in total. The lowest BCUT2D eigenvalue weighted by Crippen LogP contribution is -2.29. The number of carbonyl (C=O) groups is 1. The van der Waals surface area contributed by atoms with Crippen LogP contribution < -0.4 is 10.9 Å². The molecule has 1 aliphatic rings. The second-order valence-corrected chi connectivity index (χ2v) is 6.87. The fourth-order valence-corrected chi connectivity index (χ4v) is 3.89. The average Bonchev–Trinajstić information content (AvgIpc) is 2.90. The SMILES string of the molecule is Cc1cccc(C)c1NC(=O)C[C@@H]1CSc2ncc(C)c(=O)n21. The van der Waals surface area contributed by atoms with Crippen LogP contribution in [0.2, 0.25) is 0 Å². The molecule has 0 aliphatic carbocycles. The summed E-state index contributed by atoms with van der Waals surface area (Å²) >= 11 is 1.53. The number of aromatic nitrogens is 2. The van der Waals surface area contributed by atoms with Gasteiger partial charge in [0.15, 0.2) is 5.16 Å². The number of para-hydroxylation sites is 1. The van der Waals surface area contributed by atoms with Crippen molar-refractivity contribution in [2.45, 2.75) is 38.4 Å². The molecule has 6 heteroatoms. The summed E-state index contributed by atoms with van der Waals surface area (Å²) in [6.45, 7) is 5.70. The molecule has 1 aliphatic heterocycles. The van der Waals surface area contributed by atoms with Crippen molar-refractivity contribution in [1.82, 2.24) is 9.55 Å². The van der Waals surface area contributed by atoms with Crippen LogP contribution in [0, 0.1) is 20.8 Å². The van der Waals surface area contributed by atoms with Crippen LogP contribution in [0.15, 0.2) is 34.3 Å². The van der Waals surface area contributed by atoms with Crippen molar-refractivity contribution in [2.24, 2.45) is 0 Å². The Bertz CT molecular complexity index is 809. The van der Waals surface area contributed by atoms with Crippen LogP contribution >= 0.6 is 11.8 Å². The van der Waals surface area contributed by atoms with E-state index < -0.39 is 0 Å². The third-order valence-electron chi connectivity index (χ3n) is 4.07. The molecule has 0 saturated heterocycles. The zero-order chi connectivity index (χ0) is 16.6. The van der Waals surface area contributed by atoms with E-state index in [1.807, 2.05) is 32.0 Å². The monoisotopic (exact) mass is 329 g/mol. The summed E-state index contributed by atoms with van der Waals surface area (Å²) in [4.78, 5) is 29.0. The number of amides is 1. The third kappa shape index (κ3) is 3.03. The summed E-state index contributed by atoms with van der Waals surface area (Å²) in [5.74, 6) is 0.626. The van der Waals surface area contributed by atoms with Gasteiger partial charge in [-0.05, 0) is 31.9 Å². The number of anilines is 1. The maximum Gasteiger partial charge on any atom is 0.257 e. The number of hydrogen-bond donors (Lipinski definition) is 1. The number of benzene rings is 1. The summed E-state index contributed by atoms with van der Waals surface area (Å²) < 4.78 is 1.66. The molecular weight excluding hydrogens is 310 g/mol. The summed E-state index contributed by atoms with van der Waals surface area (Å²) in [6.07, 6.45) is 1.87. The molecule has 23 heavy (non-hydrogen) atoms. The van der Waals surface area contributed by atoms with Crippen molar-refractivity contribution >= 4 is 23.4 Å². The molecule has 1 amide bonds. The van der Waals surface area contributed by atoms with Crippen molar-refractivity contribution < 1.29 is 4.79 Å². The van der Waals surface area contributed by atoms with Crippen molar-refractivity contribution in [3.05, 3.63) is 51.4 Å². The number of nitrogens with zero attached hydrogens (tertiary/aromatic N) is 2. The van der Waals surface area contributed by atoms with E-state index in [-0.39, 0.29) is 23.9 Å². The highest BCUT2D eigenvalue weighted by Gasteiger charge is 2.27. The number of hydrogen-bond acceptors (Lipinski definition) is 4. The van der Waals surface area contributed by atoms with Crippen LogP contribution in [0.1, 0.15) is 29.2 Å². The van der Waals surface area contributed by atoms with Gasteiger partial charge in [0.05, 0.1) is 6.04 Å². The van der Waals surface area contributed by atoms with Gasteiger partial charge in [-0.3, -0.25) is 14.2 Å². The Hall–Kier alpha value is -2.08. The predicted octanol–water partition coefficient (Wildman–Crippen LogP) is 2.84. The van der Waals surface area contributed by atoms with Gasteiger partial charge in [-0.15, -0.1) is 0 Å². The molecule has 1 aromatic heterocycles. The van der Waals surface area contributed by atoms with Gasteiger partial charge in [-0.2, -0.15) is 0 Å². The quantitative estimate of drug-likeness (QED) is 0.880. The van der Waals surface area contributed by atoms with Crippen LogP contribution in [-0.2, 0) is 4.79 Å². The van der Waals surface area contributed by atoms with Crippen LogP contribution in [0.5, 0.6) is 0 Å². The smallest absolute Gasteiger partial charge is 0.257 e. The minimum absolute atomic E-state index is 0.0510. The molecule has 0 bridgehead atoms. The fourth-order valence-electron chi connectivity index (χ4n) is 2.79. The minimum Gasteiger partial charge on any atom is -0.326 e. The summed E-state index contributed by atoms with van der Waals surface area (Å²) in [5, 5.41) is 3.69. The van der Waals surface area contributed by atoms with Crippen LogP contribution in [0.4, 0.5) is 5.69 Å². The summed E-state index contributed by atoms with van der Waals surface area (Å²) in [6, 6.07) is 5.78. The molecule has 5 nitrogen and oxygen atoms in total. The molecule has 0 spiro atoms. The van der Waals surface area contributed by atoms with Gasteiger partial charge < -0.3 is 5.32 Å². The molecule has 0 unspecified atom stereocenters. The van der Waals surface area contributed by atoms with Crippen molar-refractivity contribution in [1.29, 1.82) is 0 Å². The Morgan fingerprint density at radius 2 is 2.00 bits per heavy atom. The van der Waals surface area contributed by atoms with Crippen molar-refractivity contribution in [3.8, 4) is 0 Å². The molecule has 120 valence electrons. The van der Waals surface area contributed by atoms with E-state index in [0.29, 0.717) is 16.5 Å². The third-order valence-corrected chi connectivity index (χ3v) is 5.18. The highest BCUT2D eigenvalue weighted by Crippen LogP contribution is 2.32. The fraction of sp³-hybridized carbons (Fsp3) is 0.353.